The highest BCUT2D eigenvalue weighted by molar-refractivity contribution is 7.38. The van der Waals surface area contributed by atoms with Crippen LogP contribution in [0, 0.1) is 13.8 Å². The zero-order chi connectivity index (χ0) is 10.6. The number of hydrogen-bond acceptors (Lipinski definition) is 4. The number of thiophene rings is 3. The Kier molecular flexibility index (Phi) is 1.99. The molecule has 0 aromatic carbocycles. The number of aldehydes is 1. The summed E-state index contributed by atoms with van der Waals surface area (Å²) in [5.74, 6) is 0. The van der Waals surface area contributed by atoms with E-state index in [0.717, 1.165) is 16.7 Å². The lowest BCUT2D eigenvalue weighted by Gasteiger charge is -1.85. The molecule has 3 aromatic heterocycles. The summed E-state index contributed by atoms with van der Waals surface area (Å²) in [5.41, 5.74) is 2.51. The van der Waals surface area contributed by atoms with Gasteiger partial charge in [0.2, 0.25) is 0 Å². The van der Waals surface area contributed by atoms with Crippen molar-refractivity contribution in [2.75, 3.05) is 0 Å². The van der Waals surface area contributed by atoms with Gasteiger partial charge in [0.05, 0.1) is 23.7 Å². The summed E-state index contributed by atoms with van der Waals surface area (Å²) in [6.07, 6.45) is 0.971. The van der Waals surface area contributed by atoms with Crippen LogP contribution in [0.4, 0.5) is 0 Å². The van der Waals surface area contributed by atoms with Gasteiger partial charge in [0.15, 0.2) is 6.29 Å². The van der Waals surface area contributed by atoms with Crippen LogP contribution in [0.2, 0.25) is 0 Å². The van der Waals surface area contributed by atoms with Gasteiger partial charge in [0, 0.05) is 0 Å². The highest BCUT2D eigenvalue weighted by atomic mass is 32.1. The van der Waals surface area contributed by atoms with Crippen molar-refractivity contribution in [1.82, 2.24) is 0 Å². The van der Waals surface area contributed by atoms with Crippen LogP contribution in [0.15, 0.2) is 5.38 Å². The molecule has 3 aromatic rings. The van der Waals surface area contributed by atoms with Gasteiger partial charge in [-0.1, -0.05) is 0 Å². The fourth-order valence-electron chi connectivity index (χ4n) is 1.72. The van der Waals surface area contributed by atoms with Crippen molar-refractivity contribution in [3.8, 4) is 0 Å². The summed E-state index contributed by atoms with van der Waals surface area (Å²) < 4.78 is 5.34. The molecule has 0 saturated carbocycles. The fraction of sp³-hybridized carbons (Fsp3) is 0.182. The second-order valence-electron chi connectivity index (χ2n) is 3.55. The third-order valence-corrected chi connectivity index (χ3v) is 6.75. The van der Waals surface area contributed by atoms with Gasteiger partial charge in [-0.25, -0.2) is 0 Å². The van der Waals surface area contributed by atoms with Crippen molar-refractivity contribution in [3.63, 3.8) is 0 Å². The first-order chi connectivity index (χ1) is 7.22. The molecule has 3 rings (SSSR count). The molecule has 3 heterocycles. The molecule has 0 aliphatic carbocycles. The first kappa shape index (κ1) is 9.51. The van der Waals surface area contributed by atoms with Gasteiger partial charge in [0.25, 0.3) is 0 Å². The Morgan fingerprint density at radius 2 is 1.87 bits per heavy atom. The predicted molar refractivity (Wildman–Crippen MR) is 69.9 cm³/mol. The molecule has 15 heavy (non-hydrogen) atoms. The maximum atomic E-state index is 10.9. The molecule has 0 saturated heterocycles. The number of rotatable bonds is 1. The summed E-state index contributed by atoms with van der Waals surface area (Å²) in [4.78, 5) is 11.7. The van der Waals surface area contributed by atoms with Crippen molar-refractivity contribution in [2.24, 2.45) is 0 Å². The minimum Gasteiger partial charge on any atom is -0.297 e. The van der Waals surface area contributed by atoms with Crippen LogP contribution in [0.5, 0.6) is 0 Å². The number of carbonyl (C=O) groups excluding carboxylic acids is 1. The number of carbonyl (C=O) groups is 1. The fourth-order valence-corrected chi connectivity index (χ4v) is 5.71. The van der Waals surface area contributed by atoms with Crippen LogP contribution in [0.25, 0.3) is 18.8 Å². The zero-order valence-corrected chi connectivity index (χ0v) is 10.7. The van der Waals surface area contributed by atoms with E-state index in [1.54, 1.807) is 22.7 Å². The van der Waals surface area contributed by atoms with E-state index in [0.29, 0.717) is 0 Å². The van der Waals surface area contributed by atoms with E-state index in [4.69, 9.17) is 0 Å². The van der Waals surface area contributed by atoms with Crippen molar-refractivity contribution in [1.29, 1.82) is 0 Å². The molecule has 0 radical (unpaired) electrons. The second kappa shape index (κ2) is 3.14. The molecule has 0 spiro atoms. The zero-order valence-electron chi connectivity index (χ0n) is 8.29. The lowest BCUT2D eigenvalue weighted by Crippen LogP contribution is -1.73. The highest BCUT2D eigenvalue weighted by Crippen LogP contribution is 2.45. The van der Waals surface area contributed by atoms with Gasteiger partial charge in [-0.3, -0.25) is 4.79 Å². The minimum absolute atomic E-state index is 0.879. The Morgan fingerprint density at radius 3 is 2.60 bits per heavy atom. The third kappa shape index (κ3) is 1.16. The van der Waals surface area contributed by atoms with E-state index in [9.17, 15) is 4.79 Å². The molecule has 4 heteroatoms. The molecule has 76 valence electrons. The normalized spacial score (nSPS) is 11.6. The van der Waals surface area contributed by atoms with Crippen LogP contribution in [-0.2, 0) is 0 Å². The molecular formula is C11H8OS3. The maximum Gasteiger partial charge on any atom is 0.160 e. The van der Waals surface area contributed by atoms with Gasteiger partial charge in [-0.2, -0.15) is 0 Å². The standard InChI is InChI=1S/C11H8OS3/c1-5-4-13-10-8(5)15-9-6(2)7(3-12)14-11(9)10/h3-4H,1-2H3. The Labute approximate surface area is 99.0 Å². The van der Waals surface area contributed by atoms with Crippen molar-refractivity contribution < 1.29 is 4.79 Å². The summed E-state index contributed by atoms with van der Waals surface area (Å²) >= 11 is 5.23. The molecule has 0 atom stereocenters. The van der Waals surface area contributed by atoms with Gasteiger partial charge in [-0.05, 0) is 30.4 Å². The van der Waals surface area contributed by atoms with Crippen molar-refractivity contribution >= 4 is 59.1 Å². The number of aryl methyl sites for hydroxylation is 2. The monoisotopic (exact) mass is 252 g/mol. The predicted octanol–water partition coefficient (Wildman–Crippen LogP) is 4.61. The quantitative estimate of drug-likeness (QED) is 0.578. The van der Waals surface area contributed by atoms with Gasteiger partial charge >= 0.3 is 0 Å². The Bertz CT molecular complexity index is 669. The van der Waals surface area contributed by atoms with E-state index in [2.05, 4.69) is 12.3 Å². The van der Waals surface area contributed by atoms with Gasteiger partial charge in [-0.15, -0.1) is 34.0 Å². The Hall–Kier alpha value is -0.710. The molecule has 0 fully saturated rings. The molecule has 0 amide bonds. The summed E-state index contributed by atoms with van der Waals surface area (Å²) in [6.45, 7) is 4.19. The van der Waals surface area contributed by atoms with Gasteiger partial charge < -0.3 is 0 Å². The summed E-state index contributed by atoms with van der Waals surface area (Å²) in [6, 6.07) is 0. The van der Waals surface area contributed by atoms with Crippen molar-refractivity contribution in [3.05, 3.63) is 21.4 Å². The highest BCUT2D eigenvalue weighted by Gasteiger charge is 2.15. The minimum atomic E-state index is 0.879. The number of fused-ring (bicyclic) bond motifs is 3. The smallest absolute Gasteiger partial charge is 0.160 e. The number of hydrogen-bond donors (Lipinski definition) is 0. The lowest BCUT2D eigenvalue weighted by atomic mass is 10.3. The Balaban J connectivity index is 2.54. The average Bonchev–Trinajstić information content (AvgIpc) is 2.83. The third-order valence-electron chi connectivity index (χ3n) is 2.56. The molecule has 0 bridgehead atoms. The average molecular weight is 252 g/mol. The first-order valence-corrected chi connectivity index (χ1v) is 7.08. The molecule has 0 aliphatic rings. The van der Waals surface area contributed by atoms with Crippen molar-refractivity contribution in [2.45, 2.75) is 13.8 Å². The van der Waals surface area contributed by atoms with Crippen LogP contribution in [0.3, 0.4) is 0 Å². The first-order valence-electron chi connectivity index (χ1n) is 4.57. The van der Waals surface area contributed by atoms with Crippen LogP contribution in [0.1, 0.15) is 20.8 Å². The van der Waals surface area contributed by atoms with Crippen LogP contribution < -0.4 is 0 Å². The topological polar surface area (TPSA) is 17.1 Å². The van der Waals surface area contributed by atoms with Crippen LogP contribution in [-0.4, -0.2) is 6.29 Å². The van der Waals surface area contributed by atoms with Crippen LogP contribution >= 0.6 is 34.0 Å². The second-order valence-corrected chi connectivity index (χ2v) is 6.50. The van der Waals surface area contributed by atoms with E-state index in [1.165, 1.54) is 24.4 Å². The lowest BCUT2D eigenvalue weighted by molar-refractivity contribution is 0.112. The van der Waals surface area contributed by atoms with E-state index >= 15 is 0 Å². The van der Waals surface area contributed by atoms with E-state index in [-0.39, 0.29) is 0 Å². The van der Waals surface area contributed by atoms with E-state index in [1.807, 2.05) is 18.3 Å². The summed E-state index contributed by atoms with van der Waals surface area (Å²) in [7, 11) is 0. The largest absolute Gasteiger partial charge is 0.297 e. The molecular weight excluding hydrogens is 244 g/mol. The molecule has 0 aliphatic heterocycles. The SMILES string of the molecule is Cc1csc2c1sc1c(C)c(C=O)sc12. The molecule has 1 nitrogen and oxygen atoms in total. The Morgan fingerprint density at radius 1 is 1.07 bits per heavy atom. The molecule has 0 unspecified atom stereocenters. The maximum absolute atomic E-state index is 10.9. The molecule has 0 N–H and O–H groups in total. The summed E-state index contributed by atoms with van der Waals surface area (Å²) in [5, 5.41) is 2.19. The van der Waals surface area contributed by atoms with E-state index < -0.39 is 0 Å². The van der Waals surface area contributed by atoms with Gasteiger partial charge in [0.1, 0.15) is 0 Å².